The third-order valence-corrected chi connectivity index (χ3v) is 3.46. The molecule has 0 saturated heterocycles. The lowest BCUT2D eigenvalue weighted by Crippen LogP contribution is -2.34. The highest BCUT2D eigenvalue weighted by atomic mass is 16.6. The van der Waals surface area contributed by atoms with E-state index in [9.17, 15) is 5.11 Å². The van der Waals surface area contributed by atoms with Gasteiger partial charge in [-0.1, -0.05) is 12.1 Å². The second kappa shape index (κ2) is 4.20. The van der Waals surface area contributed by atoms with E-state index in [1.54, 1.807) is 0 Å². The summed E-state index contributed by atoms with van der Waals surface area (Å²) in [5.41, 5.74) is 1.06. The molecule has 0 radical (unpaired) electrons. The summed E-state index contributed by atoms with van der Waals surface area (Å²) < 4.78 is 11.2. The molecular weight excluding hydrogens is 218 g/mol. The van der Waals surface area contributed by atoms with Gasteiger partial charge in [0.2, 0.25) is 0 Å². The molecule has 1 aromatic rings. The van der Waals surface area contributed by atoms with Crippen LogP contribution < -0.4 is 14.8 Å². The monoisotopic (exact) mass is 235 g/mol. The highest BCUT2D eigenvalue weighted by Gasteiger charge is 2.41. The number of aliphatic hydroxyl groups is 1. The van der Waals surface area contributed by atoms with Crippen LogP contribution in [-0.2, 0) is 6.54 Å². The zero-order valence-electron chi connectivity index (χ0n) is 9.74. The van der Waals surface area contributed by atoms with E-state index in [0.29, 0.717) is 19.8 Å². The molecule has 0 unspecified atom stereocenters. The lowest BCUT2D eigenvalue weighted by Gasteiger charge is -2.22. The predicted molar refractivity (Wildman–Crippen MR) is 63.3 cm³/mol. The van der Waals surface area contributed by atoms with E-state index in [1.165, 1.54) is 0 Å². The Labute approximate surface area is 101 Å². The van der Waals surface area contributed by atoms with Gasteiger partial charge in [0.1, 0.15) is 13.2 Å². The van der Waals surface area contributed by atoms with Gasteiger partial charge in [-0.2, -0.15) is 0 Å². The van der Waals surface area contributed by atoms with Crippen LogP contribution in [0.15, 0.2) is 18.2 Å². The number of aliphatic hydroxyl groups excluding tert-OH is 1. The van der Waals surface area contributed by atoms with Crippen molar-refractivity contribution in [2.75, 3.05) is 19.8 Å². The summed E-state index contributed by atoms with van der Waals surface area (Å²) in [7, 11) is 0. The second-order valence-corrected chi connectivity index (χ2v) is 4.73. The van der Waals surface area contributed by atoms with E-state index < -0.39 is 0 Å². The minimum absolute atomic E-state index is 0.0434. The Morgan fingerprint density at radius 3 is 2.82 bits per heavy atom. The first-order valence-electron chi connectivity index (χ1n) is 6.06. The van der Waals surface area contributed by atoms with E-state index in [0.717, 1.165) is 29.9 Å². The Hall–Kier alpha value is -1.26. The smallest absolute Gasteiger partial charge is 0.165 e. The molecule has 3 rings (SSSR count). The highest BCUT2D eigenvalue weighted by Crippen LogP contribution is 2.37. The molecule has 0 atom stereocenters. The first kappa shape index (κ1) is 10.9. The van der Waals surface area contributed by atoms with Crippen LogP contribution in [0.3, 0.4) is 0 Å². The molecule has 2 N–H and O–H groups in total. The van der Waals surface area contributed by atoms with Crippen molar-refractivity contribution in [3.05, 3.63) is 23.8 Å². The normalized spacial score (nSPS) is 20.1. The highest BCUT2D eigenvalue weighted by molar-refractivity contribution is 5.47. The summed E-state index contributed by atoms with van der Waals surface area (Å²) in [5.74, 6) is 1.67. The zero-order valence-corrected chi connectivity index (χ0v) is 9.74. The molecule has 1 heterocycles. The molecule has 4 nitrogen and oxygen atoms in total. The van der Waals surface area contributed by atoms with E-state index in [4.69, 9.17) is 9.47 Å². The molecule has 92 valence electrons. The number of hydrogen-bond donors (Lipinski definition) is 2. The van der Waals surface area contributed by atoms with Gasteiger partial charge in [-0.25, -0.2) is 0 Å². The van der Waals surface area contributed by atoms with Crippen molar-refractivity contribution in [3.8, 4) is 11.5 Å². The molecule has 1 aliphatic carbocycles. The number of rotatable bonds is 4. The molecule has 1 aromatic carbocycles. The van der Waals surface area contributed by atoms with Crippen LogP contribution in [0, 0.1) is 0 Å². The predicted octanol–water partition coefficient (Wildman–Crippen LogP) is 1.07. The number of fused-ring (bicyclic) bond motifs is 1. The van der Waals surface area contributed by atoms with Gasteiger partial charge in [-0.3, -0.25) is 0 Å². The molecule has 0 bridgehead atoms. The minimum atomic E-state index is -0.0434. The van der Waals surface area contributed by atoms with Crippen molar-refractivity contribution in [2.24, 2.45) is 0 Å². The summed E-state index contributed by atoms with van der Waals surface area (Å²) in [6.45, 7) is 2.14. The van der Waals surface area contributed by atoms with Gasteiger partial charge in [-0.15, -0.1) is 0 Å². The minimum Gasteiger partial charge on any atom is -0.486 e. The van der Waals surface area contributed by atoms with Gasteiger partial charge in [0.25, 0.3) is 0 Å². The maximum absolute atomic E-state index is 9.25. The number of hydrogen-bond acceptors (Lipinski definition) is 4. The van der Waals surface area contributed by atoms with Crippen LogP contribution in [0.2, 0.25) is 0 Å². The number of benzene rings is 1. The Bertz CT molecular complexity index is 415. The first-order valence-corrected chi connectivity index (χ1v) is 6.06. The average molecular weight is 235 g/mol. The summed E-state index contributed by atoms with van der Waals surface area (Å²) in [5, 5.41) is 12.7. The Balaban J connectivity index is 1.74. The maximum Gasteiger partial charge on any atom is 0.165 e. The fourth-order valence-corrected chi connectivity index (χ4v) is 2.10. The van der Waals surface area contributed by atoms with Gasteiger partial charge < -0.3 is 19.9 Å². The van der Waals surface area contributed by atoms with Crippen molar-refractivity contribution >= 4 is 0 Å². The molecule has 1 aliphatic heterocycles. The van der Waals surface area contributed by atoms with Crippen LogP contribution in [0.4, 0.5) is 0 Å². The summed E-state index contributed by atoms with van der Waals surface area (Å²) in [6, 6.07) is 5.94. The van der Waals surface area contributed by atoms with Crippen molar-refractivity contribution in [3.63, 3.8) is 0 Å². The van der Waals surface area contributed by atoms with Gasteiger partial charge in [0.15, 0.2) is 11.5 Å². The van der Waals surface area contributed by atoms with Crippen LogP contribution >= 0.6 is 0 Å². The van der Waals surface area contributed by atoms with Crippen molar-refractivity contribution < 1.29 is 14.6 Å². The Kier molecular flexibility index (Phi) is 2.68. The van der Waals surface area contributed by atoms with Gasteiger partial charge in [-0.05, 0) is 18.9 Å². The summed E-state index contributed by atoms with van der Waals surface area (Å²) in [6.07, 6.45) is 2.10. The fourth-order valence-electron chi connectivity index (χ4n) is 2.10. The molecule has 2 aliphatic rings. The van der Waals surface area contributed by atoms with E-state index in [1.807, 2.05) is 18.2 Å². The fraction of sp³-hybridized carbons (Fsp3) is 0.538. The third kappa shape index (κ3) is 2.10. The Morgan fingerprint density at radius 1 is 1.24 bits per heavy atom. The van der Waals surface area contributed by atoms with Crippen LogP contribution in [0.1, 0.15) is 18.4 Å². The number of para-hydroxylation sites is 1. The van der Waals surface area contributed by atoms with E-state index in [2.05, 4.69) is 5.32 Å². The van der Waals surface area contributed by atoms with E-state index >= 15 is 0 Å². The quantitative estimate of drug-likeness (QED) is 0.819. The van der Waals surface area contributed by atoms with Crippen molar-refractivity contribution in [1.29, 1.82) is 0 Å². The SMILES string of the molecule is OCC1(NCc2cccc3c2OCCO3)CC1. The topological polar surface area (TPSA) is 50.7 Å². The molecule has 0 amide bonds. The van der Waals surface area contributed by atoms with Crippen molar-refractivity contribution in [1.82, 2.24) is 5.32 Å². The van der Waals surface area contributed by atoms with Gasteiger partial charge in [0.05, 0.1) is 6.61 Å². The van der Waals surface area contributed by atoms with Crippen molar-refractivity contribution in [2.45, 2.75) is 24.9 Å². The van der Waals surface area contributed by atoms with Crippen LogP contribution in [-0.4, -0.2) is 30.5 Å². The Morgan fingerprint density at radius 2 is 2.06 bits per heavy atom. The molecule has 4 heteroatoms. The molecule has 17 heavy (non-hydrogen) atoms. The standard InChI is InChI=1S/C13H17NO3/c15-9-13(4-5-13)14-8-10-2-1-3-11-12(10)17-7-6-16-11/h1-3,14-15H,4-9H2. The molecule has 0 aromatic heterocycles. The van der Waals surface area contributed by atoms with Gasteiger partial charge >= 0.3 is 0 Å². The zero-order chi connectivity index (χ0) is 11.7. The maximum atomic E-state index is 9.25. The number of nitrogens with one attached hydrogen (secondary N) is 1. The summed E-state index contributed by atoms with van der Waals surface area (Å²) in [4.78, 5) is 0. The average Bonchev–Trinajstić information content (AvgIpc) is 3.17. The van der Waals surface area contributed by atoms with Crippen LogP contribution in [0.25, 0.3) is 0 Å². The van der Waals surface area contributed by atoms with E-state index in [-0.39, 0.29) is 12.1 Å². The van der Waals surface area contributed by atoms with Crippen LogP contribution in [0.5, 0.6) is 11.5 Å². The molecule has 0 spiro atoms. The molecular formula is C13H17NO3. The number of ether oxygens (including phenoxy) is 2. The second-order valence-electron chi connectivity index (χ2n) is 4.73. The largest absolute Gasteiger partial charge is 0.486 e. The molecule has 1 fully saturated rings. The van der Waals surface area contributed by atoms with Gasteiger partial charge in [0, 0.05) is 17.6 Å². The molecule has 1 saturated carbocycles. The first-order chi connectivity index (χ1) is 8.33. The summed E-state index contributed by atoms with van der Waals surface area (Å²) >= 11 is 0. The lowest BCUT2D eigenvalue weighted by molar-refractivity contribution is 0.169. The third-order valence-electron chi connectivity index (χ3n) is 3.46. The lowest BCUT2D eigenvalue weighted by atomic mass is 10.1.